The summed E-state index contributed by atoms with van der Waals surface area (Å²) in [5, 5.41) is 8.33. The number of benzene rings is 1. The van der Waals surface area contributed by atoms with Crippen molar-refractivity contribution in [1.82, 2.24) is 4.98 Å². The van der Waals surface area contributed by atoms with E-state index in [1.54, 1.807) is 24.4 Å². The Balaban J connectivity index is 0.000000181. The Morgan fingerprint density at radius 1 is 1.00 bits per heavy atom. The predicted molar refractivity (Wildman–Crippen MR) is 62.0 cm³/mol. The van der Waals surface area contributed by atoms with Crippen molar-refractivity contribution in [2.24, 2.45) is 0 Å². The Bertz CT molecular complexity index is 374. The van der Waals surface area contributed by atoms with Crippen molar-refractivity contribution in [3.8, 4) is 0 Å². The van der Waals surface area contributed by atoms with E-state index in [9.17, 15) is 4.79 Å². The van der Waals surface area contributed by atoms with E-state index in [0.29, 0.717) is 5.69 Å². The van der Waals surface area contributed by atoms with Crippen LogP contribution in [-0.4, -0.2) is 16.1 Å². The molecule has 16 heavy (non-hydrogen) atoms. The van der Waals surface area contributed by atoms with E-state index < -0.39 is 5.97 Å². The minimum atomic E-state index is -0.848. The lowest BCUT2D eigenvalue weighted by Crippen LogP contribution is -2.01. The van der Waals surface area contributed by atoms with E-state index >= 15 is 0 Å². The van der Waals surface area contributed by atoms with Gasteiger partial charge in [0.05, 0.1) is 12.1 Å². The minimum absolute atomic E-state index is 0.000833. The van der Waals surface area contributed by atoms with E-state index in [2.05, 4.69) is 4.98 Å². The van der Waals surface area contributed by atoms with E-state index in [0.717, 1.165) is 0 Å². The molecule has 0 radical (unpaired) electrons. The number of hydrogen-bond donors (Lipinski definition) is 1. The second-order valence-electron chi connectivity index (χ2n) is 3.05. The van der Waals surface area contributed by atoms with Crippen LogP contribution in [0, 0.1) is 0 Å². The number of nitrogens with zero attached hydrogens (tertiary/aromatic N) is 1. The number of aliphatic carboxylic acids is 1. The summed E-state index contributed by atoms with van der Waals surface area (Å²) in [6.45, 7) is 0. The Labute approximate surface area is 94.4 Å². The average molecular weight is 215 g/mol. The smallest absolute Gasteiger partial charge is 0.309 e. The standard InChI is InChI=1S/C7H7NO2.C6H6/c9-7(10)5-6-3-1-2-4-8-6;1-2-4-6-5-3-1/h1-4H,5H2,(H,9,10);1-6H. The summed E-state index contributed by atoms with van der Waals surface area (Å²) in [6, 6.07) is 17.2. The van der Waals surface area contributed by atoms with Gasteiger partial charge < -0.3 is 5.11 Å². The number of aromatic nitrogens is 1. The Hall–Kier alpha value is -2.16. The molecule has 1 aromatic heterocycles. The summed E-state index contributed by atoms with van der Waals surface area (Å²) in [5.41, 5.74) is 0.593. The van der Waals surface area contributed by atoms with Crippen LogP contribution in [0.15, 0.2) is 60.8 Å². The lowest BCUT2D eigenvalue weighted by molar-refractivity contribution is -0.136. The monoisotopic (exact) mass is 215 g/mol. The Kier molecular flexibility index (Phi) is 5.34. The van der Waals surface area contributed by atoms with Crippen molar-refractivity contribution in [2.45, 2.75) is 6.42 Å². The van der Waals surface area contributed by atoms with Crippen LogP contribution in [0.5, 0.6) is 0 Å². The second-order valence-corrected chi connectivity index (χ2v) is 3.05. The van der Waals surface area contributed by atoms with Gasteiger partial charge in [0.2, 0.25) is 0 Å². The van der Waals surface area contributed by atoms with E-state index in [4.69, 9.17) is 5.11 Å². The van der Waals surface area contributed by atoms with Gasteiger partial charge in [-0.2, -0.15) is 0 Å². The zero-order valence-electron chi connectivity index (χ0n) is 8.78. The fourth-order valence-corrected chi connectivity index (χ4v) is 1.04. The van der Waals surface area contributed by atoms with Gasteiger partial charge in [-0.25, -0.2) is 0 Å². The maximum atomic E-state index is 10.1. The van der Waals surface area contributed by atoms with Crippen LogP contribution in [0.25, 0.3) is 0 Å². The molecule has 3 heteroatoms. The molecule has 0 atom stereocenters. The first-order valence-electron chi connectivity index (χ1n) is 4.91. The fourth-order valence-electron chi connectivity index (χ4n) is 1.04. The molecule has 2 rings (SSSR count). The Morgan fingerprint density at radius 2 is 1.56 bits per heavy atom. The molecule has 0 amide bonds. The first kappa shape index (κ1) is 11.9. The number of carbonyl (C=O) groups is 1. The van der Waals surface area contributed by atoms with Gasteiger partial charge in [0, 0.05) is 6.20 Å². The third-order valence-electron chi connectivity index (χ3n) is 1.73. The number of carboxylic acids is 1. The highest BCUT2D eigenvalue weighted by molar-refractivity contribution is 5.69. The predicted octanol–water partition coefficient (Wildman–Crippen LogP) is 2.40. The number of pyridine rings is 1. The molecule has 0 bridgehead atoms. The number of rotatable bonds is 2. The first-order chi connectivity index (χ1) is 7.79. The second kappa shape index (κ2) is 7.17. The summed E-state index contributed by atoms with van der Waals surface area (Å²) in [7, 11) is 0. The van der Waals surface area contributed by atoms with Crippen LogP contribution in [0.3, 0.4) is 0 Å². The molecule has 0 aliphatic carbocycles. The molecule has 0 aliphatic heterocycles. The lowest BCUT2D eigenvalue weighted by atomic mass is 10.3. The Morgan fingerprint density at radius 3 is 1.94 bits per heavy atom. The van der Waals surface area contributed by atoms with Gasteiger partial charge in [-0.1, -0.05) is 42.5 Å². The molecular weight excluding hydrogens is 202 g/mol. The van der Waals surface area contributed by atoms with Gasteiger partial charge >= 0.3 is 5.97 Å². The topological polar surface area (TPSA) is 50.2 Å². The van der Waals surface area contributed by atoms with Gasteiger partial charge in [0.25, 0.3) is 0 Å². The molecule has 0 saturated heterocycles. The molecule has 1 N–H and O–H groups in total. The zero-order valence-corrected chi connectivity index (χ0v) is 8.78. The van der Waals surface area contributed by atoms with Gasteiger partial charge in [-0.3, -0.25) is 9.78 Å². The highest BCUT2D eigenvalue weighted by Crippen LogP contribution is 1.93. The van der Waals surface area contributed by atoms with Crippen LogP contribution in [-0.2, 0) is 11.2 Å². The summed E-state index contributed by atoms with van der Waals surface area (Å²) < 4.78 is 0. The molecular formula is C13H13NO2. The maximum Gasteiger partial charge on any atom is 0.309 e. The molecule has 82 valence electrons. The van der Waals surface area contributed by atoms with Crippen LogP contribution in [0.2, 0.25) is 0 Å². The van der Waals surface area contributed by atoms with Crippen LogP contribution < -0.4 is 0 Å². The highest BCUT2D eigenvalue weighted by Gasteiger charge is 1.98. The van der Waals surface area contributed by atoms with Gasteiger partial charge in [-0.15, -0.1) is 0 Å². The van der Waals surface area contributed by atoms with Crippen molar-refractivity contribution >= 4 is 5.97 Å². The highest BCUT2D eigenvalue weighted by atomic mass is 16.4. The van der Waals surface area contributed by atoms with Gasteiger partial charge in [0.1, 0.15) is 0 Å². The van der Waals surface area contributed by atoms with E-state index in [1.807, 2.05) is 36.4 Å². The summed E-state index contributed by atoms with van der Waals surface area (Å²) >= 11 is 0. The largest absolute Gasteiger partial charge is 0.481 e. The molecule has 0 spiro atoms. The molecule has 3 nitrogen and oxygen atoms in total. The van der Waals surface area contributed by atoms with Crippen LogP contribution >= 0.6 is 0 Å². The summed E-state index contributed by atoms with van der Waals surface area (Å²) in [6.07, 6.45) is 1.58. The van der Waals surface area contributed by atoms with Crippen LogP contribution in [0.1, 0.15) is 5.69 Å². The van der Waals surface area contributed by atoms with Crippen molar-refractivity contribution in [3.63, 3.8) is 0 Å². The van der Waals surface area contributed by atoms with E-state index in [1.165, 1.54) is 0 Å². The van der Waals surface area contributed by atoms with E-state index in [-0.39, 0.29) is 6.42 Å². The molecule has 0 saturated carbocycles. The minimum Gasteiger partial charge on any atom is -0.481 e. The SMILES string of the molecule is O=C(O)Cc1ccccn1.c1ccccc1. The van der Waals surface area contributed by atoms with Crippen molar-refractivity contribution in [1.29, 1.82) is 0 Å². The molecule has 0 unspecified atom stereocenters. The van der Waals surface area contributed by atoms with Crippen LogP contribution in [0.4, 0.5) is 0 Å². The van der Waals surface area contributed by atoms with Crippen molar-refractivity contribution < 1.29 is 9.90 Å². The van der Waals surface area contributed by atoms with Gasteiger partial charge in [0.15, 0.2) is 0 Å². The molecule has 1 heterocycles. The first-order valence-corrected chi connectivity index (χ1v) is 4.91. The average Bonchev–Trinajstić information content (AvgIpc) is 2.32. The zero-order chi connectivity index (χ0) is 11.6. The fraction of sp³-hybridized carbons (Fsp3) is 0.0769. The molecule has 0 fully saturated rings. The summed E-state index contributed by atoms with van der Waals surface area (Å²) in [4.78, 5) is 14.0. The summed E-state index contributed by atoms with van der Waals surface area (Å²) in [5.74, 6) is -0.848. The maximum absolute atomic E-state index is 10.1. The lowest BCUT2D eigenvalue weighted by Gasteiger charge is -1.91. The number of carboxylic acid groups (broad SMARTS) is 1. The van der Waals surface area contributed by atoms with Gasteiger partial charge in [-0.05, 0) is 12.1 Å². The normalized spacial score (nSPS) is 8.75. The quantitative estimate of drug-likeness (QED) is 0.836. The number of hydrogen-bond acceptors (Lipinski definition) is 2. The molecule has 2 aromatic rings. The molecule has 0 aliphatic rings. The van der Waals surface area contributed by atoms with Crippen molar-refractivity contribution in [3.05, 3.63) is 66.5 Å². The third kappa shape index (κ3) is 5.54. The van der Waals surface area contributed by atoms with Crippen molar-refractivity contribution in [2.75, 3.05) is 0 Å². The molecule has 1 aromatic carbocycles. The third-order valence-corrected chi connectivity index (χ3v) is 1.73.